The van der Waals surface area contributed by atoms with E-state index in [1.807, 2.05) is 13.0 Å². The molecular weight excluding hydrogens is 320 g/mol. The Morgan fingerprint density at radius 2 is 1.96 bits per heavy atom. The van der Waals surface area contributed by atoms with E-state index in [0.717, 1.165) is 18.7 Å². The fourth-order valence-electron chi connectivity index (χ4n) is 2.79. The normalized spacial score (nSPS) is 15.6. The second kappa shape index (κ2) is 9.39. The molecule has 0 aliphatic carbocycles. The van der Waals surface area contributed by atoms with Gasteiger partial charge in [0, 0.05) is 30.9 Å². The number of anilines is 2. The summed E-state index contributed by atoms with van der Waals surface area (Å²) in [6.07, 6.45) is 2.15. The van der Waals surface area contributed by atoms with Crippen molar-refractivity contribution in [1.82, 2.24) is 10.2 Å². The average molecular weight is 348 g/mol. The fraction of sp³-hybridized carbons (Fsp3) is 0.556. The molecule has 1 aromatic carbocycles. The van der Waals surface area contributed by atoms with Gasteiger partial charge in [0.25, 0.3) is 0 Å². The quantitative estimate of drug-likeness (QED) is 0.606. The number of amides is 3. The molecule has 1 aromatic rings. The number of likely N-dealkylation sites (tertiary alicyclic amines) is 1. The highest BCUT2D eigenvalue weighted by Gasteiger charge is 2.16. The van der Waals surface area contributed by atoms with E-state index in [2.05, 4.69) is 20.9 Å². The highest BCUT2D eigenvalue weighted by molar-refractivity contribution is 5.94. The monoisotopic (exact) mass is 348 g/mol. The summed E-state index contributed by atoms with van der Waals surface area (Å²) in [5.41, 5.74) is 2.16. The molecular formula is C18H28N4O3. The largest absolute Gasteiger partial charge is 0.390 e. The maximum absolute atomic E-state index is 12.1. The third-order valence-electron chi connectivity index (χ3n) is 4.26. The summed E-state index contributed by atoms with van der Waals surface area (Å²) in [7, 11) is 0. The molecule has 2 rings (SSSR count). The maximum atomic E-state index is 12.1. The van der Waals surface area contributed by atoms with Gasteiger partial charge >= 0.3 is 6.03 Å². The van der Waals surface area contributed by atoms with E-state index in [1.54, 1.807) is 19.1 Å². The molecule has 1 saturated heterocycles. The number of carbonyl (C=O) groups excluding carboxylic acids is 2. The molecule has 1 aliphatic rings. The number of carbonyl (C=O) groups is 2. The van der Waals surface area contributed by atoms with Crippen molar-refractivity contribution in [3.05, 3.63) is 23.8 Å². The van der Waals surface area contributed by atoms with Crippen LogP contribution >= 0.6 is 0 Å². The van der Waals surface area contributed by atoms with Crippen LogP contribution in [0.2, 0.25) is 0 Å². The second-order valence-corrected chi connectivity index (χ2v) is 6.43. The van der Waals surface area contributed by atoms with Crippen molar-refractivity contribution in [2.45, 2.75) is 39.2 Å². The summed E-state index contributed by atoms with van der Waals surface area (Å²) in [5.74, 6) is -0.0794. The molecule has 1 unspecified atom stereocenters. The third kappa shape index (κ3) is 6.36. The van der Waals surface area contributed by atoms with Crippen LogP contribution in [0.4, 0.5) is 16.2 Å². The van der Waals surface area contributed by atoms with E-state index in [1.165, 1.54) is 12.8 Å². The number of hydrogen-bond donors (Lipinski definition) is 4. The molecule has 0 saturated carbocycles. The lowest BCUT2D eigenvalue weighted by Gasteiger charge is -2.20. The molecule has 1 heterocycles. The molecule has 1 fully saturated rings. The SMILES string of the molecule is CCC(=O)Nc1ccc(C)c(NC(=O)NCC(O)CN2CCCC2)c1. The van der Waals surface area contributed by atoms with Gasteiger partial charge in [-0.2, -0.15) is 0 Å². The second-order valence-electron chi connectivity index (χ2n) is 6.43. The Balaban J connectivity index is 1.82. The lowest BCUT2D eigenvalue weighted by atomic mass is 10.1. The number of aryl methyl sites for hydroxylation is 1. The number of nitrogens with one attached hydrogen (secondary N) is 3. The van der Waals surface area contributed by atoms with Gasteiger partial charge in [-0.15, -0.1) is 0 Å². The maximum Gasteiger partial charge on any atom is 0.319 e. The van der Waals surface area contributed by atoms with Gasteiger partial charge in [-0.25, -0.2) is 4.79 Å². The molecule has 1 aliphatic heterocycles. The number of hydrogen-bond acceptors (Lipinski definition) is 4. The lowest BCUT2D eigenvalue weighted by Crippen LogP contribution is -2.40. The van der Waals surface area contributed by atoms with Crippen LogP contribution in [0.15, 0.2) is 18.2 Å². The Hall–Kier alpha value is -2.12. The van der Waals surface area contributed by atoms with Crippen LogP contribution in [0, 0.1) is 6.92 Å². The molecule has 0 bridgehead atoms. The third-order valence-corrected chi connectivity index (χ3v) is 4.26. The van der Waals surface area contributed by atoms with Crippen LogP contribution in [0.5, 0.6) is 0 Å². The van der Waals surface area contributed by atoms with Gasteiger partial charge in [-0.05, 0) is 50.6 Å². The molecule has 0 spiro atoms. The number of benzene rings is 1. The number of nitrogens with zero attached hydrogens (tertiary/aromatic N) is 1. The lowest BCUT2D eigenvalue weighted by molar-refractivity contribution is -0.115. The van der Waals surface area contributed by atoms with Crippen molar-refractivity contribution in [3.8, 4) is 0 Å². The van der Waals surface area contributed by atoms with Gasteiger partial charge in [-0.1, -0.05) is 13.0 Å². The van der Waals surface area contributed by atoms with Crippen LogP contribution in [0.1, 0.15) is 31.7 Å². The fourth-order valence-corrected chi connectivity index (χ4v) is 2.79. The number of rotatable bonds is 7. The predicted molar refractivity (Wildman–Crippen MR) is 98.8 cm³/mol. The summed E-state index contributed by atoms with van der Waals surface area (Å²) < 4.78 is 0. The minimum Gasteiger partial charge on any atom is -0.390 e. The Labute approximate surface area is 148 Å². The molecule has 3 amide bonds. The first-order chi connectivity index (χ1) is 12.0. The van der Waals surface area contributed by atoms with Crippen molar-refractivity contribution < 1.29 is 14.7 Å². The van der Waals surface area contributed by atoms with E-state index < -0.39 is 6.10 Å². The van der Waals surface area contributed by atoms with Crippen molar-refractivity contribution in [3.63, 3.8) is 0 Å². The number of β-amino-alcohol motifs (C(OH)–C–C–N with tert-alkyl or cyclic N) is 1. The zero-order chi connectivity index (χ0) is 18.2. The predicted octanol–water partition coefficient (Wildman–Crippen LogP) is 1.92. The highest BCUT2D eigenvalue weighted by atomic mass is 16.3. The van der Waals surface area contributed by atoms with E-state index in [9.17, 15) is 14.7 Å². The van der Waals surface area contributed by atoms with E-state index >= 15 is 0 Å². The van der Waals surface area contributed by atoms with Crippen molar-refractivity contribution in [2.24, 2.45) is 0 Å². The van der Waals surface area contributed by atoms with Crippen LogP contribution in [-0.2, 0) is 4.79 Å². The zero-order valence-corrected chi connectivity index (χ0v) is 15.0. The summed E-state index contributed by atoms with van der Waals surface area (Å²) >= 11 is 0. The van der Waals surface area contributed by atoms with Gasteiger partial charge in [0.15, 0.2) is 0 Å². The van der Waals surface area contributed by atoms with Crippen LogP contribution in [0.3, 0.4) is 0 Å². The Morgan fingerprint density at radius 1 is 1.24 bits per heavy atom. The first-order valence-corrected chi connectivity index (χ1v) is 8.83. The Kier molecular flexibility index (Phi) is 7.21. The van der Waals surface area contributed by atoms with Crippen molar-refractivity contribution >= 4 is 23.3 Å². The Bertz CT molecular complexity index is 600. The summed E-state index contributed by atoms with van der Waals surface area (Å²) in [5, 5.41) is 18.2. The molecule has 0 aromatic heterocycles. The minimum absolute atomic E-state index is 0.0794. The molecule has 7 nitrogen and oxygen atoms in total. The average Bonchev–Trinajstić information content (AvgIpc) is 3.09. The molecule has 25 heavy (non-hydrogen) atoms. The van der Waals surface area contributed by atoms with E-state index in [-0.39, 0.29) is 18.5 Å². The van der Waals surface area contributed by atoms with Crippen LogP contribution in [-0.4, -0.2) is 54.2 Å². The van der Waals surface area contributed by atoms with Gasteiger partial charge in [0.05, 0.1) is 6.10 Å². The molecule has 0 radical (unpaired) electrons. The molecule has 138 valence electrons. The first kappa shape index (κ1) is 19.2. The van der Waals surface area contributed by atoms with Gasteiger partial charge in [0.1, 0.15) is 0 Å². The number of urea groups is 1. The first-order valence-electron chi connectivity index (χ1n) is 8.83. The molecule has 7 heteroatoms. The molecule has 1 atom stereocenters. The number of aliphatic hydroxyl groups is 1. The molecule has 4 N–H and O–H groups in total. The highest BCUT2D eigenvalue weighted by Crippen LogP contribution is 2.20. The van der Waals surface area contributed by atoms with E-state index in [0.29, 0.717) is 24.3 Å². The summed E-state index contributed by atoms with van der Waals surface area (Å²) in [4.78, 5) is 25.7. The van der Waals surface area contributed by atoms with Crippen molar-refractivity contribution in [1.29, 1.82) is 0 Å². The van der Waals surface area contributed by atoms with E-state index in [4.69, 9.17) is 0 Å². The zero-order valence-electron chi connectivity index (χ0n) is 15.0. The smallest absolute Gasteiger partial charge is 0.319 e. The minimum atomic E-state index is -0.583. The van der Waals surface area contributed by atoms with Gasteiger partial charge in [-0.3, -0.25) is 4.79 Å². The van der Waals surface area contributed by atoms with Gasteiger partial charge in [0.2, 0.25) is 5.91 Å². The van der Waals surface area contributed by atoms with Gasteiger partial charge < -0.3 is 26.0 Å². The Morgan fingerprint density at radius 3 is 2.64 bits per heavy atom. The topological polar surface area (TPSA) is 93.7 Å². The van der Waals surface area contributed by atoms with Crippen LogP contribution in [0.25, 0.3) is 0 Å². The number of aliphatic hydroxyl groups excluding tert-OH is 1. The summed E-state index contributed by atoms with van der Waals surface area (Å²) in [6, 6.07) is 4.99. The van der Waals surface area contributed by atoms with Crippen molar-refractivity contribution in [2.75, 3.05) is 36.8 Å². The standard InChI is InChI=1S/C18H28N4O3/c1-3-17(24)20-14-7-6-13(2)16(10-14)21-18(25)19-11-15(23)12-22-8-4-5-9-22/h6-7,10,15,23H,3-5,8-9,11-12H2,1-2H3,(H,20,24)(H2,19,21,25). The van der Waals surface area contributed by atoms with Crippen LogP contribution < -0.4 is 16.0 Å². The summed E-state index contributed by atoms with van der Waals surface area (Å²) in [6.45, 7) is 6.47.